The molecule has 7 nitrogen and oxygen atoms in total. The van der Waals surface area contributed by atoms with Gasteiger partial charge in [-0.05, 0) is 57.8 Å². The smallest absolute Gasteiger partial charge is 0.340 e. The Morgan fingerprint density at radius 2 is 1.67 bits per heavy atom. The molecule has 2 heterocycles. The van der Waals surface area contributed by atoms with E-state index in [0.29, 0.717) is 17.2 Å². The average Bonchev–Trinajstić information content (AvgIpc) is 3.04. The van der Waals surface area contributed by atoms with Gasteiger partial charge in [0.25, 0.3) is 0 Å². The van der Waals surface area contributed by atoms with Gasteiger partial charge in [-0.25, -0.2) is 4.79 Å². The van der Waals surface area contributed by atoms with Crippen LogP contribution in [0.2, 0.25) is 0 Å². The molecule has 30 heavy (non-hydrogen) atoms. The summed E-state index contributed by atoms with van der Waals surface area (Å²) < 4.78 is 5.06. The third-order valence-electron chi connectivity index (χ3n) is 5.92. The lowest BCUT2D eigenvalue weighted by molar-refractivity contribution is -0.137. The van der Waals surface area contributed by atoms with Gasteiger partial charge in [-0.1, -0.05) is 25.0 Å². The Labute approximate surface area is 178 Å². The van der Waals surface area contributed by atoms with E-state index in [1.807, 2.05) is 4.90 Å². The van der Waals surface area contributed by atoms with E-state index in [1.54, 1.807) is 31.2 Å². The maximum Gasteiger partial charge on any atom is 0.340 e. The molecule has 7 heteroatoms. The molecule has 2 aliphatic heterocycles. The minimum absolute atomic E-state index is 0.0759. The van der Waals surface area contributed by atoms with Crippen LogP contribution in [0.3, 0.4) is 0 Å². The van der Waals surface area contributed by atoms with Crippen molar-refractivity contribution in [1.82, 2.24) is 9.80 Å². The summed E-state index contributed by atoms with van der Waals surface area (Å²) in [6.07, 6.45) is 6.24. The molecule has 1 aromatic rings. The standard InChI is InChI=1S/C23H33N3O4/c1-2-30-23(29)19-9-5-6-10-20(19)24-21(27)17-25-15-11-18(12-16-25)22(28)26-13-7-3-4-8-14-26/h5-6,9-10,18H,2-4,7-8,11-17H2,1H3,(H,24,27). The largest absolute Gasteiger partial charge is 0.462 e. The lowest BCUT2D eigenvalue weighted by Gasteiger charge is -2.33. The summed E-state index contributed by atoms with van der Waals surface area (Å²) in [7, 11) is 0. The van der Waals surface area contributed by atoms with Gasteiger partial charge in [-0.2, -0.15) is 0 Å². The Kier molecular flexibility index (Phi) is 8.25. The SMILES string of the molecule is CCOC(=O)c1ccccc1NC(=O)CN1CCC(C(=O)N2CCCCCC2)CC1. The Balaban J connectivity index is 1.48. The second-order valence-corrected chi connectivity index (χ2v) is 8.10. The topological polar surface area (TPSA) is 79.0 Å². The molecule has 0 bridgehead atoms. The number of hydrogen-bond donors (Lipinski definition) is 1. The van der Waals surface area contributed by atoms with E-state index in [1.165, 1.54) is 12.8 Å². The Bertz CT molecular complexity index is 736. The van der Waals surface area contributed by atoms with Gasteiger partial charge < -0.3 is 15.0 Å². The first-order chi connectivity index (χ1) is 14.6. The van der Waals surface area contributed by atoms with Crippen LogP contribution in [-0.2, 0) is 14.3 Å². The predicted molar refractivity (Wildman–Crippen MR) is 115 cm³/mol. The summed E-state index contributed by atoms with van der Waals surface area (Å²) >= 11 is 0. The number of amides is 2. The number of esters is 1. The van der Waals surface area contributed by atoms with Crippen molar-refractivity contribution in [3.05, 3.63) is 29.8 Å². The van der Waals surface area contributed by atoms with Crippen molar-refractivity contribution < 1.29 is 19.1 Å². The molecule has 2 saturated heterocycles. The van der Waals surface area contributed by atoms with Crippen LogP contribution in [0.1, 0.15) is 55.8 Å². The molecule has 0 spiro atoms. The number of anilines is 1. The fraction of sp³-hybridized carbons (Fsp3) is 0.609. The number of carbonyl (C=O) groups excluding carboxylic acids is 3. The molecule has 2 fully saturated rings. The van der Waals surface area contributed by atoms with Gasteiger partial charge in [0.15, 0.2) is 0 Å². The van der Waals surface area contributed by atoms with Gasteiger partial charge in [-0.3, -0.25) is 14.5 Å². The van der Waals surface area contributed by atoms with Crippen LogP contribution in [-0.4, -0.2) is 66.9 Å². The number of likely N-dealkylation sites (tertiary alicyclic amines) is 2. The third kappa shape index (κ3) is 6.05. The molecule has 164 valence electrons. The number of para-hydroxylation sites is 1. The Morgan fingerprint density at radius 1 is 1.00 bits per heavy atom. The molecule has 1 N–H and O–H groups in total. The molecular weight excluding hydrogens is 382 g/mol. The molecule has 0 aliphatic carbocycles. The van der Waals surface area contributed by atoms with Crippen molar-refractivity contribution >= 4 is 23.5 Å². The number of nitrogens with one attached hydrogen (secondary N) is 1. The van der Waals surface area contributed by atoms with Crippen molar-refractivity contribution in [3.8, 4) is 0 Å². The number of carbonyl (C=O) groups is 3. The lowest BCUT2D eigenvalue weighted by atomic mass is 9.95. The number of hydrogen-bond acceptors (Lipinski definition) is 5. The number of rotatable bonds is 6. The van der Waals surface area contributed by atoms with Crippen LogP contribution < -0.4 is 5.32 Å². The first-order valence-corrected chi connectivity index (χ1v) is 11.2. The van der Waals surface area contributed by atoms with Gasteiger partial charge in [0.2, 0.25) is 11.8 Å². The molecule has 0 radical (unpaired) electrons. The minimum Gasteiger partial charge on any atom is -0.462 e. The molecule has 3 rings (SSSR count). The summed E-state index contributed by atoms with van der Waals surface area (Å²) in [5.41, 5.74) is 0.821. The number of piperidine rings is 1. The van der Waals surface area contributed by atoms with Gasteiger partial charge >= 0.3 is 5.97 Å². The lowest BCUT2D eigenvalue weighted by Crippen LogP contribution is -2.44. The van der Waals surface area contributed by atoms with Gasteiger partial charge in [0.1, 0.15) is 0 Å². The van der Waals surface area contributed by atoms with E-state index in [9.17, 15) is 14.4 Å². The average molecular weight is 416 g/mol. The van der Waals surface area contributed by atoms with E-state index in [-0.39, 0.29) is 25.0 Å². The van der Waals surface area contributed by atoms with E-state index in [2.05, 4.69) is 10.2 Å². The molecule has 0 aromatic heterocycles. The maximum atomic E-state index is 12.8. The van der Waals surface area contributed by atoms with Crippen molar-refractivity contribution in [3.63, 3.8) is 0 Å². The fourth-order valence-corrected chi connectivity index (χ4v) is 4.26. The highest BCUT2D eigenvalue weighted by molar-refractivity contribution is 6.01. The summed E-state index contributed by atoms with van der Waals surface area (Å²) in [4.78, 5) is 41.5. The van der Waals surface area contributed by atoms with Crippen molar-refractivity contribution in [1.29, 1.82) is 0 Å². The van der Waals surface area contributed by atoms with Gasteiger partial charge in [-0.15, -0.1) is 0 Å². The third-order valence-corrected chi connectivity index (χ3v) is 5.92. The summed E-state index contributed by atoms with van der Waals surface area (Å²) in [6, 6.07) is 6.87. The number of benzene rings is 1. The van der Waals surface area contributed by atoms with Crippen LogP contribution in [0.25, 0.3) is 0 Å². The second kappa shape index (κ2) is 11.1. The maximum absolute atomic E-state index is 12.8. The van der Waals surface area contributed by atoms with Crippen LogP contribution in [0, 0.1) is 5.92 Å². The molecule has 2 amide bonds. The zero-order chi connectivity index (χ0) is 21.3. The van der Waals surface area contributed by atoms with Crippen molar-refractivity contribution in [2.45, 2.75) is 45.4 Å². The van der Waals surface area contributed by atoms with Gasteiger partial charge in [0.05, 0.1) is 24.4 Å². The van der Waals surface area contributed by atoms with Crippen LogP contribution in [0.15, 0.2) is 24.3 Å². The van der Waals surface area contributed by atoms with Crippen LogP contribution >= 0.6 is 0 Å². The Morgan fingerprint density at radius 3 is 2.33 bits per heavy atom. The van der Waals surface area contributed by atoms with Crippen LogP contribution in [0.5, 0.6) is 0 Å². The van der Waals surface area contributed by atoms with E-state index in [0.717, 1.165) is 51.9 Å². The molecule has 0 atom stereocenters. The zero-order valence-corrected chi connectivity index (χ0v) is 17.9. The molecule has 2 aliphatic rings. The summed E-state index contributed by atoms with van der Waals surface area (Å²) in [5, 5.41) is 2.83. The van der Waals surface area contributed by atoms with E-state index < -0.39 is 5.97 Å². The van der Waals surface area contributed by atoms with Crippen LogP contribution in [0.4, 0.5) is 5.69 Å². The van der Waals surface area contributed by atoms with Crippen molar-refractivity contribution in [2.24, 2.45) is 5.92 Å². The monoisotopic (exact) mass is 415 g/mol. The zero-order valence-electron chi connectivity index (χ0n) is 17.9. The molecular formula is C23H33N3O4. The fourth-order valence-electron chi connectivity index (χ4n) is 4.26. The first-order valence-electron chi connectivity index (χ1n) is 11.2. The predicted octanol–water partition coefficient (Wildman–Crippen LogP) is 2.92. The number of nitrogens with zero attached hydrogens (tertiary/aromatic N) is 2. The molecule has 1 aromatic carbocycles. The number of ether oxygens (including phenoxy) is 1. The van der Waals surface area contributed by atoms with Gasteiger partial charge in [0, 0.05) is 19.0 Å². The first kappa shape index (κ1) is 22.3. The highest BCUT2D eigenvalue weighted by Crippen LogP contribution is 2.22. The minimum atomic E-state index is -0.443. The van der Waals surface area contributed by atoms with Crippen molar-refractivity contribution in [2.75, 3.05) is 44.6 Å². The Hall–Kier alpha value is -2.41. The normalized spacial score (nSPS) is 18.5. The van der Waals surface area contributed by atoms with E-state index in [4.69, 9.17) is 4.74 Å². The highest BCUT2D eigenvalue weighted by atomic mass is 16.5. The summed E-state index contributed by atoms with van der Waals surface area (Å²) in [6.45, 7) is 5.53. The second-order valence-electron chi connectivity index (χ2n) is 8.10. The quantitative estimate of drug-likeness (QED) is 0.723. The molecule has 0 saturated carbocycles. The van der Waals surface area contributed by atoms with E-state index >= 15 is 0 Å². The molecule has 0 unspecified atom stereocenters. The summed E-state index contributed by atoms with van der Waals surface area (Å²) in [5.74, 6) is -0.235. The highest BCUT2D eigenvalue weighted by Gasteiger charge is 2.29.